The monoisotopic (exact) mass is 355 g/mol. The van der Waals surface area contributed by atoms with Crippen molar-refractivity contribution in [2.24, 2.45) is 11.1 Å². The fourth-order valence-electron chi connectivity index (χ4n) is 1.94. The van der Waals surface area contributed by atoms with Crippen LogP contribution in [-0.4, -0.2) is 37.5 Å². The van der Waals surface area contributed by atoms with Crippen LogP contribution in [0.2, 0.25) is 0 Å². The summed E-state index contributed by atoms with van der Waals surface area (Å²) in [5.41, 5.74) is 0.926. The van der Waals surface area contributed by atoms with Crippen molar-refractivity contribution in [3.05, 3.63) is 34.3 Å². The Hall–Kier alpha value is -1.89. The Morgan fingerprint density at radius 2 is 2.00 bits per heavy atom. The van der Waals surface area contributed by atoms with Crippen molar-refractivity contribution in [3.8, 4) is 0 Å². The summed E-state index contributed by atoms with van der Waals surface area (Å²) in [6.45, 7) is 1.59. The van der Waals surface area contributed by atoms with Crippen LogP contribution in [0.3, 0.4) is 0 Å². The molecule has 0 aromatic heterocycles. The summed E-state index contributed by atoms with van der Waals surface area (Å²) in [6.07, 6.45) is -0.656. The Balaban J connectivity index is 1.95. The molecular weight excluding hydrogens is 342 g/mol. The molecule has 1 aromatic rings. The van der Waals surface area contributed by atoms with E-state index >= 15 is 0 Å². The standard InChI is InChI=1S/C14H14BrNO5/c1-8-12(14(18)19-2)11(21-16-8)7-20-13(17)9-3-5-10(15)6-4-9/h3-6,11-12H,7H2,1-2H3/t11-,12+/m0/s1. The topological polar surface area (TPSA) is 74.2 Å². The van der Waals surface area contributed by atoms with E-state index in [-0.39, 0.29) is 6.61 Å². The molecule has 0 N–H and O–H groups in total. The van der Waals surface area contributed by atoms with Crippen molar-refractivity contribution >= 4 is 33.6 Å². The lowest BCUT2D eigenvalue weighted by Gasteiger charge is -2.15. The maximum Gasteiger partial charge on any atom is 0.338 e. The van der Waals surface area contributed by atoms with Gasteiger partial charge < -0.3 is 14.3 Å². The lowest BCUT2D eigenvalue weighted by atomic mass is 9.99. The molecule has 0 fully saturated rings. The van der Waals surface area contributed by atoms with Crippen molar-refractivity contribution in [1.29, 1.82) is 0 Å². The van der Waals surface area contributed by atoms with Gasteiger partial charge in [0.15, 0.2) is 6.10 Å². The number of rotatable bonds is 4. The first-order chi connectivity index (χ1) is 10.0. The number of oxime groups is 1. The summed E-state index contributed by atoms with van der Waals surface area (Å²) < 4.78 is 10.7. The number of methoxy groups -OCH3 is 1. The zero-order chi connectivity index (χ0) is 15.4. The number of nitrogens with zero attached hydrogens (tertiary/aromatic N) is 1. The van der Waals surface area contributed by atoms with Crippen LogP contribution in [0.4, 0.5) is 0 Å². The number of halogens is 1. The lowest BCUT2D eigenvalue weighted by Crippen LogP contribution is -2.35. The van der Waals surface area contributed by atoms with Crippen LogP contribution in [-0.2, 0) is 19.1 Å². The zero-order valence-corrected chi connectivity index (χ0v) is 13.1. The molecule has 0 spiro atoms. The second kappa shape index (κ2) is 6.71. The Bertz CT molecular complexity index is 569. The minimum absolute atomic E-state index is 0.0739. The SMILES string of the molecule is COC(=O)[C@@H]1C(C)=NO[C@H]1COC(=O)c1ccc(Br)cc1. The maximum absolute atomic E-state index is 11.9. The summed E-state index contributed by atoms with van der Waals surface area (Å²) in [4.78, 5) is 28.7. The molecule has 1 aromatic carbocycles. The quantitative estimate of drug-likeness (QED) is 0.773. The van der Waals surface area contributed by atoms with Crippen LogP contribution in [0.15, 0.2) is 33.9 Å². The Morgan fingerprint density at radius 1 is 1.33 bits per heavy atom. The molecule has 1 heterocycles. The van der Waals surface area contributed by atoms with E-state index in [1.807, 2.05) is 0 Å². The van der Waals surface area contributed by atoms with Gasteiger partial charge in [0.2, 0.25) is 0 Å². The Morgan fingerprint density at radius 3 is 2.62 bits per heavy atom. The average molecular weight is 356 g/mol. The highest BCUT2D eigenvalue weighted by Gasteiger charge is 2.39. The molecule has 0 amide bonds. The van der Waals surface area contributed by atoms with Gasteiger partial charge in [-0.15, -0.1) is 0 Å². The van der Waals surface area contributed by atoms with Crippen molar-refractivity contribution in [2.75, 3.05) is 13.7 Å². The van der Waals surface area contributed by atoms with Gasteiger partial charge in [-0.25, -0.2) is 4.79 Å². The van der Waals surface area contributed by atoms with E-state index in [4.69, 9.17) is 14.3 Å². The van der Waals surface area contributed by atoms with Crippen LogP contribution in [0, 0.1) is 5.92 Å². The molecule has 2 atom stereocenters. The number of benzene rings is 1. The summed E-state index contributed by atoms with van der Waals surface area (Å²) in [5, 5.41) is 3.75. The van der Waals surface area contributed by atoms with E-state index in [0.29, 0.717) is 11.3 Å². The predicted molar refractivity (Wildman–Crippen MR) is 77.9 cm³/mol. The van der Waals surface area contributed by atoms with E-state index in [2.05, 4.69) is 21.1 Å². The minimum Gasteiger partial charge on any atom is -0.468 e. The minimum atomic E-state index is -0.656. The highest BCUT2D eigenvalue weighted by Crippen LogP contribution is 2.21. The third-order valence-electron chi connectivity index (χ3n) is 3.07. The number of carbonyl (C=O) groups excluding carboxylic acids is 2. The molecule has 0 aliphatic carbocycles. The molecule has 0 saturated carbocycles. The van der Waals surface area contributed by atoms with Crippen molar-refractivity contribution < 1.29 is 23.9 Å². The van der Waals surface area contributed by atoms with Gasteiger partial charge in [-0.3, -0.25) is 4.79 Å². The molecule has 1 aliphatic rings. The molecule has 112 valence electrons. The second-order valence-corrected chi connectivity index (χ2v) is 5.40. The molecule has 0 radical (unpaired) electrons. The van der Waals surface area contributed by atoms with Gasteiger partial charge >= 0.3 is 11.9 Å². The molecule has 1 aliphatic heterocycles. The van der Waals surface area contributed by atoms with Crippen LogP contribution < -0.4 is 0 Å². The van der Waals surface area contributed by atoms with Gasteiger partial charge in [0.1, 0.15) is 12.5 Å². The fraction of sp³-hybridized carbons (Fsp3) is 0.357. The summed E-state index contributed by atoms with van der Waals surface area (Å²) >= 11 is 3.29. The molecular formula is C14H14BrNO5. The Labute approximate surface area is 130 Å². The van der Waals surface area contributed by atoms with Crippen LogP contribution in [0.5, 0.6) is 0 Å². The van der Waals surface area contributed by atoms with Crippen molar-refractivity contribution in [1.82, 2.24) is 0 Å². The van der Waals surface area contributed by atoms with Crippen molar-refractivity contribution in [3.63, 3.8) is 0 Å². The number of ether oxygens (including phenoxy) is 2. The van der Waals surface area contributed by atoms with Crippen molar-refractivity contribution in [2.45, 2.75) is 13.0 Å². The molecule has 0 bridgehead atoms. The lowest BCUT2D eigenvalue weighted by molar-refractivity contribution is -0.147. The van der Waals surface area contributed by atoms with Crippen LogP contribution in [0.1, 0.15) is 17.3 Å². The first-order valence-electron chi connectivity index (χ1n) is 6.23. The van der Waals surface area contributed by atoms with Gasteiger partial charge in [0, 0.05) is 4.47 Å². The number of esters is 2. The third-order valence-corrected chi connectivity index (χ3v) is 3.60. The molecule has 6 nitrogen and oxygen atoms in total. The van der Waals surface area contributed by atoms with E-state index in [1.54, 1.807) is 31.2 Å². The van der Waals surface area contributed by atoms with Gasteiger partial charge in [0.05, 0.1) is 18.4 Å². The first kappa shape index (κ1) is 15.5. The van der Waals surface area contributed by atoms with E-state index in [0.717, 1.165) is 4.47 Å². The summed E-state index contributed by atoms with van der Waals surface area (Å²) in [5.74, 6) is -1.59. The van der Waals surface area contributed by atoms with Crippen LogP contribution >= 0.6 is 15.9 Å². The van der Waals surface area contributed by atoms with E-state index in [9.17, 15) is 9.59 Å². The average Bonchev–Trinajstić information content (AvgIpc) is 2.85. The number of hydrogen-bond donors (Lipinski definition) is 0. The zero-order valence-electron chi connectivity index (χ0n) is 11.5. The highest BCUT2D eigenvalue weighted by atomic mass is 79.9. The number of hydrogen-bond acceptors (Lipinski definition) is 6. The van der Waals surface area contributed by atoms with Gasteiger partial charge in [-0.05, 0) is 31.2 Å². The predicted octanol–water partition coefficient (Wildman–Crippen LogP) is 2.17. The summed E-state index contributed by atoms with van der Waals surface area (Å²) in [6, 6.07) is 6.77. The van der Waals surface area contributed by atoms with Gasteiger partial charge in [-0.2, -0.15) is 0 Å². The third kappa shape index (κ3) is 3.60. The molecule has 0 unspecified atom stereocenters. The van der Waals surface area contributed by atoms with Crippen LogP contribution in [0.25, 0.3) is 0 Å². The Kier molecular flexibility index (Phi) is 4.95. The largest absolute Gasteiger partial charge is 0.468 e. The highest BCUT2D eigenvalue weighted by molar-refractivity contribution is 9.10. The molecule has 7 heteroatoms. The smallest absolute Gasteiger partial charge is 0.338 e. The van der Waals surface area contributed by atoms with E-state index < -0.39 is 24.0 Å². The van der Waals surface area contributed by atoms with Gasteiger partial charge in [0.25, 0.3) is 0 Å². The molecule has 0 saturated heterocycles. The first-order valence-corrected chi connectivity index (χ1v) is 7.03. The fourth-order valence-corrected chi connectivity index (χ4v) is 2.20. The van der Waals surface area contributed by atoms with E-state index in [1.165, 1.54) is 7.11 Å². The number of carbonyl (C=O) groups is 2. The summed E-state index contributed by atoms with van der Waals surface area (Å²) in [7, 11) is 1.29. The van der Waals surface area contributed by atoms with Gasteiger partial charge in [-0.1, -0.05) is 21.1 Å². The molecule has 21 heavy (non-hydrogen) atoms. The normalized spacial score (nSPS) is 20.4. The molecule has 2 rings (SSSR count). The maximum atomic E-state index is 11.9. The second-order valence-electron chi connectivity index (χ2n) is 4.48.